The van der Waals surface area contributed by atoms with Crippen molar-refractivity contribution >= 4 is 16.9 Å². The maximum absolute atomic E-state index is 12.7. The van der Waals surface area contributed by atoms with Crippen LogP contribution in [0.25, 0.3) is 10.9 Å². The van der Waals surface area contributed by atoms with E-state index < -0.39 is 0 Å². The highest BCUT2D eigenvalue weighted by atomic mass is 16.5. The van der Waals surface area contributed by atoms with E-state index >= 15 is 0 Å². The molecule has 26 heavy (non-hydrogen) atoms. The van der Waals surface area contributed by atoms with Crippen LogP contribution in [-0.4, -0.2) is 58.8 Å². The van der Waals surface area contributed by atoms with Gasteiger partial charge in [-0.05, 0) is 44.0 Å². The van der Waals surface area contributed by atoms with Gasteiger partial charge in [0.2, 0.25) is 0 Å². The Morgan fingerprint density at radius 1 is 1.31 bits per heavy atom. The molecule has 1 aromatic heterocycles. The van der Waals surface area contributed by atoms with E-state index in [-0.39, 0.29) is 31.3 Å². The van der Waals surface area contributed by atoms with Crippen LogP contribution >= 0.6 is 0 Å². The van der Waals surface area contributed by atoms with E-state index in [1.807, 2.05) is 25.1 Å². The summed E-state index contributed by atoms with van der Waals surface area (Å²) in [6, 6.07) is 7.16. The van der Waals surface area contributed by atoms with Gasteiger partial charge in [-0.15, -0.1) is 0 Å². The fraction of sp³-hybridized carbons (Fsp3) is 0.474. The summed E-state index contributed by atoms with van der Waals surface area (Å²) >= 11 is 0. The van der Waals surface area contributed by atoms with Crippen molar-refractivity contribution in [3.63, 3.8) is 0 Å². The lowest BCUT2D eigenvalue weighted by atomic mass is 10.1. The van der Waals surface area contributed by atoms with Crippen molar-refractivity contribution in [3.8, 4) is 5.75 Å². The number of rotatable bonds is 6. The summed E-state index contributed by atoms with van der Waals surface area (Å²) < 4.78 is 5.51. The van der Waals surface area contributed by atoms with Gasteiger partial charge in [-0.2, -0.15) is 0 Å². The third kappa shape index (κ3) is 3.99. The number of aromatic amines is 1. The molecule has 7 heteroatoms. The molecule has 0 spiro atoms. The quantitative estimate of drug-likeness (QED) is 0.825. The average molecular weight is 359 g/mol. The molecule has 2 amide bonds. The molecule has 0 atom stereocenters. The van der Waals surface area contributed by atoms with E-state index in [2.05, 4.69) is 4.98 Å². The SMILES string of the molecule is CCOc1ccc2[nH]c(=O)c(CN(CCO)C(=O)N3CCCC3)cc2c1. The van der Waals surface area contributed by atoms with E-state index in [1.54, 1.807) is 11.0 Å². The largest absolute Gasteiger partial charge is 0.494 e. The molecule has 0 radical (unpaired) electrons. The molecule has 1 saturated heterocycles. The number of carbonyl (C=O) groups excluding carboxylic acids is 1. The molecule has 0 unspecified atom stereocenters. The molecule has 7 nitrogen and oxygen atoms in total. The van der Waals surface area contributed by atoms with Gasteiger partial charge < -0.3 is 24.6 Å². The fourth-order valence-corrected chi connectivity index (χ4v) is 3.28. The zero-order chi connectivity index (χ0) is 18.5. The molecule has 0 aliphatic carbocycles. The number of amides is 2. The van der Waals surface area contributed by atoms with Gasteiger partial charge in [0, 0.05) is 36.1 Å². The second kappa shape index (κ2) is 8.23. The summed E-state index contributed by atoms with van der Waals surface area (Å²) in [6.45, 7) is 4.17. The summed E-state index contributed by atoms with van der Waals surface area (Å²) in [4.78, 5) is 31.3. The molecule has 2 heterocycles. The highest BCUT2D eigenvalue weighted by Crippen LogP contribution is 2.20. The van der Waals surface area contributed by atoms with Gasteiger partial charge in [-0.25, -0.2) is 4.79 Å². The topological polar surface area (TPSA) is 85.9 Å². The lowest BCUT2D eigenvalue weighted by Gasteiger charge is -2.27. The molecule has 1 fully saturated rings. The minimum Gasteiger partial charge on any atom is -0.494 e. The van der Waals surface area contributed by atoms with Gasteiger partial charge >= 0.3 is 6.03 Å². The molecule has 0 saturated carbocycles. The Morgan fingerprint density at radius 2 is 2.08 bits per heavy atom. The lowest BCUT2D eigenvalue weighted by molar-refractivity contribution is 0.144. The first-order valence-corrected chi connectivity index (χ1v) is 9.06. The smallest absolute Gasteiger partial charge is 0.320 e. The van der Waals surface area contributed by atoms with Crippen molar-refractivity contribution in [2.75, 3.05) is 32.8 Å². The summed E-state index contributed by atoms with van der Waals surface area (Å²) in [7, 11) is 0. The van der Waals surface area contributed by atoms with Crippen molar-refractivity contribution in [3.05, 3.63) is 40.2 Å². The van der Waals surface area contributed by atoms with Gasteiger partial charge in [0.15, 0.2) is 0 Å². The van der Waals surface area contributed by atoms with Crippen LogP contribution < -0.4 is 10.3 Å². The van der Waals surface area contributed by atoms with Gasteiger partial charge in [-0.1, -0.05) is 0 Å². The van der Waals surface area contributed by atoms with Crippen molar-refractivity contribution in [1.29, 1.82) is 0 Å². The number of fused-ring (bicyclic) bond motifs is 1. The predicted octanol–water partition coefficient (Wildman–Crippen LogP) is 1.94. The summed E-state index contributed by atoms with van der Waals surface area (Å²) in [5.41, 5.74) is 0.993. The Kier molecular flexibility index (Phi) is 5.78. The highest BCUT2D eigenvalue weighted by Gasteiger charge is 2.24. The fourth-order valence-electron chi connectivity index (χ4n) is 3.28. The number of hydrogen-bond acceptors (Lipinski definition) is 4. The first kappa shape index (κ1) is 18.3. The van der Waals surface area contributed by atoms with Crippen LogP contribution in [-0.2, 0) is 6.54 Å². The second-order valence-electron chi connectivity index (χ2n) is 6.43. The number of urea groups is 1. The Hall–Kier alpha value is -2.54. The van der Waals surface area contributed by atoms with Crippen molar-refractivity contribution in [2.24, 2.45) is 0 Å². The number of likely N-dealkylation sites (tertiary alicyclic amines) is 1. The molecule has 3 rings (SSSR count). The van der Waals surface area contributed by atoms with Crippen LogP contribution in [0.3, 0.4) is 0 Å². The number of aliphatic hydroxyl groups excluding tert-OH is 1. The van der Waals surface area contributed by atoms with Gasteiger partial charge in [0.1, 0.15) is 5.75 Å². The van der Waals surface area contributed by atoms with Gasteiger partial charge in [0.25, 0.3) is 5.56 Å². The normalized spacial score (nSPS) is 14.0. The first-order chi connectivity index (χ1) is 12.6. The Labute approximate surface area is 152 Å². The van der Waals surface area contributed by atoms with Crippen LogP contribution in [0.2, 0.25) is 0 Å². The number of aromatic nitrogens is 1. The van der Waals surface area contributed by atoms with E-state index in [4.69, 9.17) is 4.74 Å². The molecular formula is C19H25N3O4. The molecule has 1 aliphatic heterocycles. The molecule has 2 aromatic rings. The number of nitrogens with zero attached hydrogens (tertiary/aromatic N) is 2. The summed E-state index contributed by atoms with van der Waals surface area (Å²) in [5, 5.41) is 10.2. The van der Waals surface area contributed by atoms with Crippen LogP contribution in [0.5, 0.6) is 5.75 Å². The molecule has 1 aliphatic rings. The van der Waals surface area contributed by atoms with Crippen LogP contribution in [0, 0.1) is 0 Å². The predicted molar refractivity (Wildman–Crippen MR) is 99.4 cm³/mol. The minimum atomic E-state index is -0.223. The maximum atomic E-state index is 12.7. The second-order valence-corrected chi connectivity index (χ2v) is 6.43. The summed E-state index contributed by atoms with van der Waals surface area (Å²) in [5.74, 6) is 0.735. The number of benzene rings is 1. The van der Waals surface area contributed by atoms with Crippen molar-refractivity contribution in [1.82, 2.24) is 14.8 Å². The van der Waals surface area contributed by atoms with Gasteiger partial charge in [-0.3, -0.25) is 4.79 Å². The van der Waals surface area contributed by atoms with Gasteiger partial charge in [0.05, 0.1) is 19.8 Å². The standard InChI is InChI=1S/C19H25N3O4/c1-2-26-16-5-6-17-14(12-16)11-15(18(24)20-17)13-22(9-10-23)19(25)21-7-3-4-8-21/h5-6,11-12,23H,2-4,7-10,13H2,1H3,(H,20,24). The number of carbonyl (C=O) groups is 1. The number of hydrogen-bond donors (Lipinski definition) is 2. The molecular weight excluding hydrogens is 334 g/mol. The zero-order valence-electron chi connectivity index (χ0n) is 15.0. The van der Waals surface area contributed by atoms with E-state index in [9.17, 15) is 14.7 Å². The Balaban J connectivity index is 1.87. The average Bonchev–Trinajstić information content (AvgIpc) is 3.16. The third-order valence-electron chi connectivity index (χ3n) is 4.58. The zero-order valence-corrected chi connectivity index (χ0v) is 15.0. The molecule has 140 valence electrons. The maximum Gasteiger partial charge on any atom is 0.320 e. The monoisotopic (exact) mass is 359 g/mol. The number of nitrogens with one attached hydrogen (secondary N) is 1. The van der Waals surface area contributed by atoms with E-state index in [1.165, 1.54) is 4.90 Å². The Morgan fingerprint density at radius 3 is 2.77 bits per heavy atom. The van der Waals surface area contributed by atoms with Crippen LogP contribution in [0.1, 0.15) is 25.3 Å². The molecule has 1 aromatic carbocycles. The third-order valence-corrected chi connectivity index (χ3v) is 4.58. The lowest BCUT2D eigenvalue weighted by Crippen LogP contribution is -2.43. The number of ether oxygens (including phenoxy) is 1. The van der Waals surface area contributed by atoms with Crippen LogP contribution in [0.4, 0.5) is 4.79 Å². The van der Waals surface area contributed by atoms with Crippen molar-refractivity contribution < 1.29 is 14.6 Å². The molecule has 2 N–H and O–H groups in total. The van der Waals surface area contributed by atoms with Crippen LogP contribution in [0.15, 0.2) is 29.1 Å². The highest BCUT2D eigenvalue weighted by molar-refractivity contribution is 5.81. The Bertz CT molecular complexity index is 827. The van der Waals surface area contributed by atoms with E-state index in [0.717, 1.165) is 42.6 Å². The van der Waals surface area contributed by atoms with Crippen molar-refractivity contribution in [2.45, 2.75) is 26.3 Å². The first-order valence-electron chi connectivity index (χ1n) is 9.06. The van der Waals surface area contributed by atoms with E-state index in [0.29, 0.717) is 12.2 Å². The molecule has 0 bridgehead atoms. The number of aliphatic hydroxyl groups is 1. The summed E-state index contributed by atoms with van der Waals surface area (Å²) in [6.07, 6.45) is 1.99. The number of H-pyrrole nitrogens is 1. The number of pyridine rings is 1. The minimum absolute atomic E-state index is 0.126.